The van der Waals surface area contributed by atoms with E-state index in [0.29, 0.717) is 17.6 Å². The predicted octanol–water partition coefficient (Wildman–Crippen LogP) is 3.82. The Morgan fingerprint density at radius 2 is 1.94 bits per heavy atom. The molecule has 2 aromatic carbocycles. The lowest BCUT2D eigenvalue weighted by Gasteiger charge is -2.31. The topological polar surface area (TPSA) is 72.8 Å². The monoisotopic (exact) mass is 442 g/mol. The maximum atomic E-state index is 11.2. The van der Waals surface area contributed by atoms with Crippen molar-refractivity contribution >= 4 is 17.6 Å². The van der Waals surface area contributed by atoms with Gasteiger partial charge in [0.05, 0.1) is 12.0 Å². The first-order valence-corrected chi connectivity index (χ1v) is 11.6. The lowest BCUT2D eigenvalue weighted by atomic mass is 9.87. The number of fused-ring (bicyclic) bond motifs is 1. The predicted molar refractivity (Wildman–Crippen MR) is 122 cm³/mol. The van der Waals surface area contributed by atoms with Gasteiger partial charge in [-0.1, -0.05) is 41.9 Å². The van der Waals surface area contributed by atoms with Crippen LogP contribution in [0.1, 0.15) is 47.6 Å². The SMILES string of the molecule is O=C(O)C1CCN(Cc2ccc3c(c2)C[C@@H](NC[C@H](O)c2cccc(Cl)c2)CC3)CC1. The van der Waals surface area contributed by atoms with Gasteiger partial charge in [0.15, 0.2) is 0 Å². The fraction of sp³-hybridized carbons (Fsp3) is 0.480. The molecule has 31 heavy (non-hydrogen) atoms. The summed E-state index contributed by atoms with van der Waals surface area (Å²) in [6.45, 7) is 3.09. The van der Waals surface area contributed by atoms with E-state index in [4.69, 9.17) is 11.6 Å². The summed E-state index contributed by atoms with van der Waals surface area (Å²) in [6.07, 6.45) is 3.98. The molecule has 2 aliphatic rings. The van der Waals surface area contributed by atoms with E-state index in [2.05, 4.69) is 28.4 Å². The number of rotatable bonds is 7. The molecule has 2 aromatic rings. The summed E-state index contributed by atoms with van der Waals surface area (Å²) in [5, 5.41) is 23.8. The Balaban J connectivity index is 1.31. The van der Waals surface area contributed by atoms with Crippen LogP contribution in [0.25, 0.3) is 0 Å². The van der Waals surface area contributed by atoms with Gasteiger partial charge in [-0.2, -0.15) is 0 Å². The number of halogens is 1. The van der Waals surface area contributed by atoms with Gasteiger partial charge in [-0.25, -0.2) is 0 Å². The van der Waals surface area contributed by atoms with E-state index in [1.54, 1.807) is 0 Å². The summed E-state index contributed by atoms with van der Waals surface area (Å²) >= 11 is 6.04. The fourth-order valence-corrected chi connectivity index (χ4v) is 4.99. The van der Waals surface area contributed by atoms with Crippen molar-refractivity contribution in [1.29, 1.82) is 0 Å². The lowest BCUT2D eigenvalue weighted by Crippen LogP contribution is -2.37. The number of likely N-dealkylation sites (tertiary alicyclic amines) is 1. The minimum absolute atomic E-state index is 0.186. The third kappa shape index (κ3) is 5.86. The molecule has 1 aliphatic carbocycles. The molecule has 166 valence electrons. The van der Waals surface area contributed by atoms with Gasteiger partial charge in [0, 0.05) is 24.2 Å². The second-order valence-electron chi connectivity index (χ2n) is 8.91. The molecule has 5 nitrogen and oxygen atoms in total. The third-order valence-corrected chi connectivity index (χ3v) is 6.91. The van der Waals surface area contributed by atoms with E-state index < -0.39 is 12.1 Å². The normalized spacial score (nSPS) is 20.9. The van der Waals surface area contributed by atoms with Gasteiger partial charge >= 0.3 is 5.97 Å². The number of aliphatic hydroxyl groups excluding tert-OH is 1. The van der Waals surface area contributed by atoms with Crippen molar-refractivity contribution in [3.63, 3.8) is 0 Å². The van der Waals surface area contributed by atoms with Crippen molar-refractivity contribution in [3.05, 3.63) is 69.7 Å². The standard InChI is InChI=1S/C25H31ClN2O3/c26-22-3-1-2-20(13-22)24(29)15-27-23-7-6-18-5-4-17(12-21(18)14-23)16-28-10-8-19(9-11-28)25(30)31/h1-5,12-13,19,23-24,27,29H,6-11,14-16H2,(H,30,31)/t23-,24-/m0/s1. The molecule has 1 aliphatic heterocycles. The van der Waals surface area contributed by atoms with E-state index >= 15 is 0 Å². The highest BCUT2D eigenvalue weighted by atomic mass is 35.5. The van der Waals surface area contributed by atoms with Crippen LogP contribution in [0.4, 0.5) is 0 Å². The highest BCUT2D eigenvalue weighted by Crippen LogP contribution is 2.25. The minimum atomic E-state index is -0.660. The second-order valence-corrected chi connectivity index (χ2v) is 9.35. The lowest BCUT2D eigenvalue weighted by molar-refractivity contribution is -0.143. The molecule has 2 atom stereocenters. The maximum Gasteiger partial charge on any atom is 0.306 e. The van der Waals surface area contributed by atoms with E-state index in [-0.39, 0.29) is 5.92 Å². The number of carboxylic acids is 1. The second kappa shape index (κ2) is 10.1. The van der Waals surface area contributed by atoms with E-state index in [1.807, 2.05) is 24.3 Å². The van der Waals surface area contributed by atoms with Crippen molar-refractivity contribution < 1.29 is 15.0 Å². The number of nitrogens with one attached hydrogen (secondary N) is 1. The molecule has 0 radical (unpaired) electrons. The molecule has 1 fully saturated rings. The number of piperidine rings is 1. The van der Waals surface area contributed by atoms with Crippen LogP contribution in [0.2, 0.25) is 5.02 Å². The first kappa shape index (κ1) is 22.3. The Morgan fingerprint density at radius 1 is 1.13 bits per heavy atom. The van der Waals surface area contributed by atoms with Crippen LogP contribution < -0.4 is 5.32 Å². The Morgan fingerprint density at radius 3 is 2.68 bits per heavy atom. The maximum absolute atomic E-state index is 11.2. The Hall–Kier alpha value is -1.92. The van der Waals surface area contributed by atoms with Gasteiger partial charge in [0.1, 0.15) is 0 Å². The van der Waals surface area contributed by atoms with Crippen LogP contribution >= 0.6 is 11.6 Å². The quantitative estimate of drug-likeness (QED) is 0.608. The van der Waals surface area contributed by atoms with Crippen molar-refractivity contribution in [2.24, 2.45) is 5.92 Å². The number of nitrogens with zero attached hydrogens (tertiary/aromatic N) is 1. The third-order valence-electron chi connectivity index (χ3n) is 6.68. The zero-order valence-corrected chi connectivity index (χ0v) is 18.5. The number of aliphatic carboxylic acids is 1. The Labute approximate surface area is 189 Å². The number of aryl methyl sites for hydroxylation is 1. The number of carbonyl (C=O) groups is 1. The number of hydrogen-bond donors (Lipinski definition) is 3. The fourth-order valence-electron chi connectivity index (χ4n) is 4.79. The molecule has 0 spiro atoms. The van der Waals surface area contributed by atoms with Crippen LogP contribution in [-0.2, 0) is 24.2 Å². The molecule has 1 saturated heterocycles. The average molecular weight is 443 g/mol. The molecule has 0 bridgehead atoms. The van der Waals surface area contributed by atoms with Gasteiger partial charge in [0.2, 0.25) is 0 Å². The van der Waals surface area contributed by atoms with Crippen LogP contribution in [-0.4, -0.2) is 46.8 Å². The zero-order valence-electron chi connectivity index (χ0n) is 17.8. The molecule has 4 rings (SSSR count). The Bertz CT molecular complexity index is 911. The molecule has 0 saturated carbocycles. The van der Waals surface area contributed by atoms with Crippen LogP contribution in [0.5, 0.6) is 0 Å². The molecular weight excluding hydrogens is 412 g/mol. The smallest absolute Gasteiger partial charge is 0.306 e. The first-order chi connectivity index (χ1) is 15.0. The Kier molecular flexibility index (Phi) is 7.28. The molecule has 0 amide bonds. The van der Waals surface area contributed by atoms with Crippen LogP contribution in [0.3, 0.4) is 0 Å². The van der Waals surface area contributed by atoms with Crippen molar-refractivity contribution in [2.45, 2.75) is 50.8 Å². The number of benzene rings is 2. The van der Waals surface area contributed by atoms with Crippen LogP contribution in [0.15, 0.2) is 42.5 Å². The van der Waals surface area contributed by atoms with Gasteiger partial charge in [-0.3, -0.25) is 9.69 Å². The van der Waals surface area contributed by atoms with E-state index in [9.17, 15) is 15.0 Å². The largest absolute Gasteiger partial charge is 0.481 e. The van der Waals surface area contributed by atoms with Crippen molar-refractivity contribution in [2.75, 3.05) is 19.6 Å². The summed E-state index contributed by atoms with van der Waals surface area (Å²) in [4.78, 5) is 13.5. The van der Waals surface area contributed by atoms with Crippen molar-refractivity contribution in [1.82, 2.24) is 10.2 Å². The van der Waals surface area contributed by atoms with Gasteiger partial charge in [0.25, 0.3) is 0 Å². The van der Waals surface area contributed by atoms with Gasteiger partial charge in [-0.15, -0.1) is 0 Å². The summed E-state index contributed by atoms with van der Waals surface area (Å²) in [6, 6.07) is 14.5. The van der Waals surface area contributed by atoms with Gasteiger partial charge < -0.3 is 15.5 Å². The van der Waals surface area contributed by atoms with E-state index in [0.717, 1.165) is 57.3 Å². The average Bonchev–Trinajstić information content (AvgIpc) is 2.77. The molecular formula is C25H31ClN2O3. The highest BCUT2D eigenvalue weighted by Gasteiger charge is 2.25. The summed E-state index contributed by atoms with van der Waals surface area (Å²) in [5.74, 6) is -0.846. The minimum Gasteiger partial charge on any atom is -0.481 e. The number of hydrogen-bond acceptors (Lipinski definition) is 4. The molecule has 3 N–H and O–H groups in total. The molecule has 0 aromatic heterocycles. The molecule has 0 unspecified atom stereocenters. The summed E-state index contributed by atoms with van der Waals surface area (Å²) in [5.41, 5.74) is 4.94. The summed E-state index contributed by atoms with van der Waals surface area (Å²) < 4.78 is 0. The van der Waals surface area contributed by atoms with Crippen LogP contribution in [0, 0.1) is 5.92 Å². The van der Waals surface area contributed by atoms with Crippen molar-refractivity contribution in [3.8, 4) is 0 Å². The summed E-state index contributed by atoms with van der Waals surface area (Å²) in [7, 11) is 0. The zero-order chi connectivity index (χ0) is 21.8. The number of carboxylic acid groups (broad SMARTS) is 1. The molecule has 6 heteroatoms. The number of aliphatic hydroxyl groups is 1. The molecule has 1 heterocycles. The van der Waals surface area contributed by atoms with E-state index in [1.165, 1.54) is 16.7 Å². The first-order valence-electron chi connectivity index (χ1n) is 11.2. The van der Waals surface area contributed by atoms with Gasteiger partial charge in [-0.05, 0) is 79.6 Å². The highest BCUT2D eigenvalue weighted by molar-refractivity contribution is 6.30.